The number of rotatable bonds is 8. The number of pyridine rings is 1. The number of nitrogens with zero attached hydrogens (tertiary/aromatic N) is 7. The Kier molecular flexibility index (Phi) is 12.8. The van der Waals surface area contributed by atoms with Gasteiger partial charge in [0.15, 0.2) is 0 Å². The molecule has 6 aromatic rings. The predicted octanol–water partition coefficient (Wildman–Crippen LogP) is 1.90. The van der Waals surface area contributed by atoms with E-state index in [1.807, 2.05) is 0 Å². The largest absolute Gasteiger partial charge is 1.00 e. The first-order chi connectivity index (χ1) is 23.7. The topological polar surface area (TPSA) is 242 Å². The number of azo groups is 3. The van der Waals surface area contributed by atoms with E-state index in [2.05, 4.69) is 35.7 Å². The minimum absolute atomic E-state index is 0. The van der Waals surface area contributed by atoms with E-state index in [0.29, 0.717) is 45.5 Å². The Bertz CT molecular complexity index is 2670. The van der Waals surface area contributed by atoms with Crippen LogP contribution in [0.3, 0.4) is 0 Å². The van der Waals surface area contributed by atoms with Crippen molar-refractivity contribution < 1.29 is 95.3 Å². The standard InChI is InChI=1S/C33H25N7O8S2.2Na/c1-18-13-21(8-11-28(18)39-36-23-7-10-25-20(15-23)16-24(49(43,44)45)17-30(25)50(46,47)48)35-38-27-12-9-22(14-19(27)2)37-40-31-32(41)26-5-3-4-6-29(26)34-33(31)42;;/h3-17H,1-2H3,(H2,34,41,42)(H,43,44,45)(H,46,47,48);;/q;2*+1/p-2. The fourth-order valence-corrected chi connectivity index (χ4v) is 6.27. The van der Waals surface area contributed by atoms with E-state index in [9.17, 15) is 36.2 Å². The van der Waals surface area contributed by atoms with Gasteiger partial charge < -0.3 is 10.2 Å². The first-order valence-electron chi connectivity index (χ1n) is 14.4. The van der Waals surface area contributed by atoms with Gasteiger partial charge in [0.25, 0.3) is 20.2 Å². The smallest absolute Gasteiger partial charge is 0.870 e. The number of para-hydroxylation sites is 1. The Morgan fingerprint density at radius 1 is 0.596 bits per heavy atom. The van der Waals surface area contributed by atoms with Crippen LogP contribution in [0.2, 0.25) is 0 Å². The third-order valence-electron chi connectivity index (χ3n) is 7.41. The minimum Gasteiger partial charge on any atom is -0.870 e. The van der Waals surface area contributed by atoms with E-state index in [1.54, 1.807) is 74.5 Å². The molecule has 15 nitrogen and oxygen atoms in total. The summed E-state index contributed by atoms with van der Waals surface area (Å²) in [5.41, 5.74) is 3.49. The molecule has 1 aromatic heterocycles. The van der Waals surface area contributed by atoms with Gasteiger partial charge in [-0.25, -0.2) is 0 Å². The number of aromatic nitrogens is 1. The van der Waals surface area contributed by atoms with Gasteiger partial charge in [0.1, 0.15) is 4.90 Å². The summed E-state index contributed by atoms with van der Waals surface area (Å²) < 4.78 is 66.1. The monoisotopic (exact) mass is 755 g/mol. The number of fused-ring (bicyclic) bond motifs is 2. The van der Waals surface area contributed by atoms with Crippen LogP contribution in [-0.4, -0.2) is 30.9 Å². The number of hydrogen-bond donors (Lipinski definition) is 2. The van der Waals surface area contributed by atoms with Crippen molar-refractivity contribution in [2.75, 3.05) is 0 Å². The molecule has 0 saturated heterocycles. The van der Waals surface area contributed by atoms with Crippen LogP contribution in [0.1, 0.15) is 11.1 Å². The minimum atomic E-state index is -4.81. The third kappa shape index (κ3) is 9.13. The molecule has 0 bridgehead atoms. The first-order valence-corrected chi connectivity index (χ1v) is 17.3. The summed E-state index contributed by atoms with van der Waals surface area (Å²) in [5.74, 6) is -1.30. The molecule has 6 rings (SSSR count). The Labute approximate surface area is 341 Å². The van der Waals surface area contributed by atoms with Crippen LogP contribution >= 0.6 is 0 Å². The average molecular weight is 756 g/mol. The van der Waals surface area contributed by atoms with Crippen molar-refractivity contribution in [2.24, 2.45) is 30.7 Å². The van der Waals surface area contributed by atoms with Crippen molar-refractivity contribution in [3.05, 3.63) is 102 Å². The van der Waals surface area contributed by atoms with Crippen molar-refractivity contribution in [3.8, 4) is 11.6 Å². The van der Waals surface area contributed by atoms with Crippen LogP contribution < -0.4 is 69.3 Å². The number of benzene rings is 5. The van der Waals surface area contributed by atoms with E-state index < -0.39 is 41.7 Å². The van der Waals surface area contributed by atoms with E-state index in [4.69, 9.17) is 0 Å². The van der Waals surface area contributed by atoms with Crippen molar-refractivity contribution in [1.29, 1.82) is 0 Å². The van der Waals surface area contributed by atoms with Crippen molar-refractivity contribution >= 4 is 76.0 Å². The Balaban J connectivity index is 0.00000302. The molecule has 0 unspecified atom stereocenters. The van der Waals surface area contributed by atoms with Gasteiger partial charge in [-0.15, -0.1) is 0 Å². The molecule has 252 valence electrons. The molecule has 0 saturated carbocycles. The molecular formula is C33H23N7Na2O8S2. The van der Waals surface area contributed by atoms with E-state index in [1.165, 1.54) is 18.2 Å². The molecule has 0 aliphatic rings. The summed E-state index contributed by atoms with van der Waals surface area (Å²) in [6, 6.07) is 22.4. The summed E-state index contributed by atoms with van der Waals surface area (Å²) in [7, 11) is -9.59. The van der Waals surface area contributed by atoms with E-state index >= 15 is 0 Å². The summed E-state index contributed by atoms with van der Waals surface area (Å²) in [4.78, 5) is 2.51. The summed E-state index contributed by atoms with van der Waals surface area (Å²) in [6.07, 6.45) is 0. The third-order valence-corrected chi connectivity index (χ3v) is 9.13. The SMILES string of the molecule is Cc1cc(N=Nc2ccc(N=Nc3c([O-])nc4ccccc4c3[O-])cc2C)ccc1N=Nc1ccc2c(S(=O)(=O)O)cc(S(=O)(=O)O)cc2c1.[Na+].[Na+]. The zero-order valence-corrected chi connectivity index (χ0v) is 33.6. The first kappa shape index (κ1) is 40.8. The van der Waals surface area contributed by atoms with Crippen LogP contribution in [0.5, 0.6) is 11.6 Å². The zero-order chi connectivity index (χ0) is 35.8. The number of hydrogen-bond acceptors (Lipinski definition) is 13. The van der Waals surface area contributed by atoms with Gasteiger partial charge in [-0.3, -0.25) is 14.1 Å². The van der Waals surface area contributed by atoms with Gasteiger partial charge >= 0.3 is 59.1 Å². The molecule has 1 heterocycles. The molecule has 5 aromatic carbocycles. The fourth-order valence-electron chi connectivity index (χ4n) is 4.92. The molecule has 0 atom stereocenters. The average Bonchev–Trinajstić information content (AvgIpc) is 3.06. The maximum Gasteiger partial charge on any atom is 1.00 e. The second-order valence-corrected chi connectivity index (χ2v) is 13.7. The van der Waals surface area contributed by atoms with Gasteiger partial charge in [0, 0.05) is 11.3 Å². The number of aryl methyl sites for hydroxylation is 2. The van der Waals surface area contributed by atoms with Crippen molar-refractivity contribution in [2.45, 2.75) is 23.6 Å². The summed E-state index contributed by atoms with van der Waals surface area (Å²) in [5, 5.41) is 50.3. The Morgan fingerprint density at radius 2 is 1.13 bits per heavy atom. The molecule has 0 aliphatic carbocycles. The van der Waals surface area contributed by atoms with Gasteiger partial charge in [0.05, 0.1) is 44.5 Å². The Hall–Kier alpha value is -4.01. The van der Waals surface area contributed by atoms with E-state index in [0.717, 1.165) is 6.07 Å². The molecule has 2 N–H and O–H groups in total. The van der Waals surface area contributed by atoms with Crippen LogP contribution in [-0.2, 0) is 20.2 Å². The summed E-state index contributed by atoms with van der Waals surface area (Å²) >= 11 is 0. The normalized spacial score (nSPS) is 12.2. The molecule has 52 heavy (non-hydrogen) atoms. The molecule has 0 radical (unpaired) electrons. The second-order valence-electron chi connectivity index (χ2n) is 10.9. The van der Waals surface area contributed by atoms with Gasteiger partial charge in [0.2, 0.25) is 0 Å². The fraction of sp³-hybridized carbons (Fsp3) is 0.0606. The Morgan fingerprint density at radius 3 is 1.69 bits per heavy atom. The maximum absolute atomic E-state index is 12.7. The van der Waals surface area contributed by atoms with Gasteiger partial charge in [-0.1, -0.05) is 30.0 Å². The zero-order valence-electron chi connectivity index (χ0n) is 28.0. The second kappa shape index (κ2) is 16.3. The van der Waals surface area contributed by atoms with Crippen LogP contribution in [0.4, 0.5) is 34.1 Å². The van der Waals surface area contributed by atoms with Gasteiger partial charge in [-0.05, 0) is 102 Å². The van der Waals surface area contributed by atoms with Crippen molar-refractivity contribution in [1.82, 2.24) is 4.98 Å². The quantitative estimate of drug-likeness (QED) is 0.131. The molecule has 0 amide bonds. The maximum atomic E-state index is 12.7. The molecule has 0 fully saturated rings. The molecule has 0 spiro atoms. The van der Waals surface area contributed by atoms with Crippen molar-refractivity contribution in [3.63, 3.8) is 0 Å². The summed E-state index contributed by atoms with van der Waals surface area (Å²) in [6.45, 7) is 3.57. The molecule has 19 heteroatoms. The van der Waals surface area contributed by atoms with Crippen LogP contribution in [0.25, 0.3) is 21.7 Å². The molecular weight excluding hydrogens is 733 g/mol. The van der Waals surface area contributed by atoms with Gasteiger partial charge in [-0.2, -0.15) is 47.5 Å². The molecule has 0 aliphatic heterocycles. The predicted molar refractivity (Wildman–Crippen MR) is 179 cm³/mol. The van der Waals surface area contributed by atoms with E-state index in [-0.39, 0.29) is 86.6 Å². The van der Waals surface area contributed by atoms with Crippen LogP contribution in [0.15, 0.2) is 131 Å². The van der Waals surface area contributed by atoms with Crippen LogP contribution in [0, 0.1) is 13.8 Å².